The van der Waals surface area contributed by atoms with Crippen molar-refractivity contribution in [2.24, 2.45) is 0 Å². The maximum atomic E-state index is 5.87. The number of hydrogen-bond donors (Lipinski definition) is 1. The molecule has 0 aliphatic heterocycles. The van der Waals surface area contributed by atoms with Crippen molar-refractivity contribution in [2.45, 2.75) is 46.6 Å². The van der Waals surface area contributed by atoms with Crippen molar-refractivity contribution in [1.82, 2.24) is 10.3 Å². The summed E-state index contributed by atoms with van der Waals surface area (Å²) >= 11 is 0. The summed E-state index contributed by atoms with van der Waals surface area (Å²) in [5.74, 6) is 1.70. The predicted octanol–water partition coefficient (Wildman–Crippen LogP) is 3.89. The van der Waals surface area contributed by atoms with Crippen molar-refractivity contribution in [2.75, 3.05) is 6.54 Å². The number of rotatable bonds is 6. The fourth-order valence-corrected chi connectivity index (χ4v) is 2.20. The molecular weight excluding hydrogens is 248 g/mol. The highest BCUT2D eigenvalue weighted by atomic mass is 16.4. The Hall–Kier alpha value is -1.61. The van der Waals surface area contributed by atoms with E-state index in [1.54, 1.807) is 0 Å². The van der Waals surface area contributed by atoms with E-state index in [-0.39, 0.29) is 0 Å². The Morgan fingerprint density at radius 2 is 2.05 bits per heavy atom. The third kappa shape index (κ3) is 3.70. The van der Waals surface area contributed by atoms with Gasteiger partial charge in [-0.25, -0.2) is 4.98 Å². The summed E-state index contributed by atoms with van der Waals surface area (Å²) in [6, 6.07) is 6.80. The predicted molar refractivity (Wildman–Crippen MR) is 82.9 cm³/mol. The van der Waals surface area contributed by atoms with Crippen LogP contribution in [0.25, 0.3) is 11.3 Å². The second-order valence-electron chi connectivity index (χ2n) is 5.58. The molecule has 0 fully saturated rings. The first-order chi connectivity index (χ1) is 9.58. The first-order valence-corrected chi connectivity index (χ1v) is 7.32. The molecule has 0 amide bonds. The van der Waals surface area contributed by atoms with Gasteiger partial charge < -0.3 is 9.73 Å². The van der Waals surface area contributed by atoms with Gasteiger partial charge in [0.2, 0.25) is 0 Å². The van der Waals surface area contributed by atoms with E-state index in [1.165, 1.54) is 11.1 Å². The van der Waals surface area contributed by atoms with Crippen molar-refractivity contribution < 1.29 is 4.42 Å². The number of aromatic nitrogens is 1. The minimum absolute atomic E-state index is 0.532. The Kier molecular flexibility index (Phi) is 4.96. The lowest BCUT2D eigenvalue weighted by atomic mass is 10.0. The monoisotopic (exact) mass is 272 g/mol. The van der Waals surface area contributed by atoms with Gasteiger partial charge in [0.25, 0.3) is 0 Å². The van der Waals surface area contributed by atoms with Gasteiger partial charge in [-0.3, -0.25) is 0 Å². The zero-order valence-corrected chi connectivity index (χ0v) is 12.9. The molecule has 0 saturated heterocycles. The molecule has 1 aromatic heterocycles. The first kappa shape index (κ1) is 14.8. The lowest BCUT2D eigenvalue weighted by Gasteiger charge is -2.06. The lowest BCUT2D eigenvalue weighted by molar-refractivity contribution is 0.484. The molecule has 0 unspecified atom stereocenters. The van der Waals surface area contributed by atoms with Crippen LogP contribution in [0.4, 0.5) is 0 Å². The average Bonchev–Trinajstić information content (AvgIpc) is 2.86. The second kappa shape index (κ2) is 6.71. The lowest BCUT2D eigenvalue weighted by Crippen LogP contribution is -2.23. The van der Waals surface area contributed by atoms with Crippen LogP contribution < -0.4 is 5.32 Å². The summed E-state index contributed by atoms with van der Waals surface area (Å²) in [4.78, 5) is 4.39. The van der Waals surface area contributed by atoms with E-state index in [2.05, 4.69) is 56.2 Å². The van der Waals surface area contributed by atoms with Gasteiger partial charge >= 0.3 is 0 Å². The number of nitrogens with zero attached hydrogens (tertiary/aromatic N) is 1. The van der Waals surface area contributed by atoms with Gasteiger partial charge in [-0.2, -0.15) is 0 Å². The standard InChI is InChI=1S/C17H24N2O/c1-12(2)18-10-6-9-17-19-11-16(20-17)15-8-5-7-13(3)14(15)4/h5,7-8,11-12,18H,6,9-10H2,1-4H3. The van der Waals surface area contributed by atoms with Gasteiger partial charge in [0.1, 0.15) is 0 Å². The summed E-state index contributed by atoms with van der Waals surface area (Å²) in [5.41, 5.74) is 3.68. The molecule has 3 nitrogen and oxygen atoms in total. The van der Waals surface area contributed by atoms with Gasteiger partial charge in [-0.1, -0.05) is 32.0 Å². The van der Waals surface area contributed by atoms with Crippen LogP contribution in [-0.2, 0) is 6.42 Å². The van der Waals surface area contributed by atoms with Gasteiger partial charge in [0.05, 0.1) is 6.20 Å². The molecule has 3 heteroatoms. The van der Waals surface area contributed by atoms with Crippen LogP contribution in [0.1, 0.15) is 37.3 Å². The molecular formula is C17H24N2O. The minimum Gasteiger partial charge on any atom is -0.441 e. The van der Waals surface area contributed by atoms with Crippen molar-refractivity contribution >= 4 is 0 Å². The fraction of sp³-hybridized carbons (Fsp3) is 0.471. The Balaban J connectivity index is 2.00. The second-order valence-corrected chi connectivity index (χ2v) is 5.58. The van der Waals surface area contributed by atoms with Crippen LogP contribution in [0.2, 0.25) is 0 Å². The van der Waals surface area contributed by atoms with E-state index in [0.717, 1.165) is 36.6 Å². The summed E-state index contributed by atoms with van der Waals surface area (Å²) in [6.45, 7) is 9.56. The topological polar surface area (TPSA) is 38.1 Å². The molecule has 0 bridgehead atoms. The van der Waals surface area contributed by atoms with Crippen molar-refractivity contribution in [1.29, 1.82) is 0 Å². The molecule has 0 radical (unpaired) electrons. The molecule has 0 atom stereocenters. The number of benzene rings is 1. The summed E-state index contributed by atoms with van der Waals surface area (Å²) in [7, 11) is 0. The Labute approximate surface area is 121 Å². The molecule has 108 valence electrons. The normalized spacial score (nSPS) is 11.2. The number of aryl methyl sites for hydroxylation is 2. The van der Waals surface area contributed by atoms with E-state index in [0.29, 0.717) is 6.04 Å². The molecule has 2 rings (SSSR count). The van der Waals surface area contributed by atoms with Gasteiger partial charge in [-0.05, 0) is 37.9 Å². The third-order valence-electron chi connectivity index (χ3n) is 3.54. The maximum absolute atomic E-state index is 5.87. The van der Waals surface area contributed by atoms with Crippen LogP contribution in [0.5, 0.6) is 0 Å². The van der Waals surface area contributed by atoms with Crippen LogP contribution in [0.15, 0.2) is 28.8 Å². The zero-order valence-electron chi connectivity index (χ0n) is 12.9. The molecule has 0 aliphatic carbocycles. The van der Waals surface area contributed by atoms with E-state index in [9.17, 15) is 0 Å². The number of oxazole rings is 1. The number of nitrogens with one attached hydrogen (secondary N) is 1. The van der Waals surface area contributed by atoms with Crippen LogP contribution in [0, 0.1) is 13.8 Å². The van der Waals surface area contributed by atoms with Gasteiger partial charge in [0.15, 0.2) is 11.7 Å². The molecule has 2 aromatic rings. The Morgan fingerprint density at radius 3 is 2.80 bits per heavy atom. The van der Waals surface area contributed by atoms with E-state index in [1.807, 2.05) is 6.20 Å². The van der Waals surface area contributed by atoms with E-state index < -0.39 is 0 Å². The first-order valence-electron chi connectivity index (χ1n) is 7.32. The highest BCUT2D eigenvalue weighted by Gasteiger charge is 2.09. The third-order valence-corrected chi connectivity index (χ3v) is 3.54. The smallest absolute Gasteiger partial charge is 0.194 e. The highest BCUT2D eigenvalue weighted by Crippen LogP contribution is 2.26. The molecule has 20 heavy (non-hydrogen) atoms. The minimum atomic E-state index is 0.532. The molecule has 0 aliphatic rings. The van der Waals surface area contributed by atoms with Gasteiger partial charge in [-0.15, -0.1) is 0 Å². The average molecular weight is 272 g/mol. The van der Waals surface area contributed by atoms with Crippen molar-refractivity contribution in [3.63, 3.8) is 0 Å². The molecule has 0 spiro atoms. The largest absolute Gasteiger partial charge is 0.441 e. The van der Waals surface area contributed by atoms with Crippen LogP contribution >= 0.6 is 0 Å². The van der Waals surface area contributed by atoms with Crippen molar-refractivity contribution in [3.05, 3.63) is 41.4 Å². The summed E-state index contributed by atoms with van der Waals surface area (Å²) < 4.78 is 5.87. The summed E-state index contributed by atoms with van der Waals surface area (Å²) in [5, 5.41) is 3.40. The quantitative estimate of drug-likeness (QED) is 0.811. The Bertz CT molecular complexity index is 558. The zero-order chi connectivity index (χ0) is 14.5. The van der Waals surface area contributed by atoms with Crippen LogP contribution in [-0.4, -0.2) is 17.6 Å². The molecule has 1 aromatic carbocycles. The fourth-order valence-electron chi connectivity index (χ4n) is 2.20. The van der Waals surface area contributed by atoms with Crippen LogP contribution in [0.3, 0.4) is 0 Å². The highest BCUT2D eigenvalue weighted by molar-refractivity contribution is 5.62. The van der Waals surface area contributed by atoms with Crippen molar-refractivity contribution in [3.8, 4) is 11.3 Å². The maximum Gasteiger partial charge on any atom is 0.194 e. The SMILES string of the molecule is Cc1cccc(-c2cnc(CCCNC(C)C)o2)c1C. The molecule has 1 heterocycles. The Morgan fingerprint density at radius 1 is 1.25 bits per heavy atom. The number of hydrogen-bond acceptors (Lipinski definition) is 3. The van der Waals surface area contributed by atoms with E-state index >= 15 is 0 Å². The summed E-state index contributed by atoms with van der Waals surface area (Å²) in [6.07, 6.45) is 3.77. The molecule has 0 saturated carbocycles. The van der Waals surface area contributed by atoms with Gasteiger partial charge in [0, 0.05) is 18.0 Å². The van der Waals surface area contributed by atoms with E-state index in [4.69, 9.17) is 4.42 Å². The molecule has 1 N–H and O–H groups in total.